The van der Waals surface area contributed by atoms with Crippen LogP contribution >= 0.6 is 0 Å². The number of hydrogen-bond donors (Lipinski definition) is 0. The highest BCUT2D eigenvalue weighted by Gasteiger charge is 2.25. The van der Waals surface area contributed by atoms with E-state index in [2.05, 4.69) is 0 Å². The molecule has 28 heavy (non-hydrogen) atoms. The van der Waals surface area contributed by atoms with Gasteiger partial charge in [-0.1, -0.05) is 48.0 Å². The number of para-hydroxylation sites is 2. The Labute approximate surface area is 161 Å². The van der Waals surface area contributed by atoms with Crippen molar-refractivity contribution in [3.8, 4) is 5.69 Å². The number of fused-ring (bicyclic) bond motifs is 1. The molecule has 0 amide bonds. The molecule has 6 nitrogen and oxygen atoms in total. The quantitative estimate of drug-likeness (QED) is 0.537. The summed E-state index contributed by atoms with van der Waals surface area (Å²) in [5.74, 6) is 0. The van der Waals surface area contributed by atoms with Crippen molar-refractivity contribution in [3.63, 3.8) is 0 Å². The Morgan fingerprint density at radius 1 is 0.750 bits per heavy atom. The van der Waals surface area contributed by atoms with Crippen LogP contribution in [0.2, 0.25) is 0 Å². The lowest BCUT2D eigenvalue weighted by atomic mass is 10.2. The van der Waals surface area contributed by atoms with Crippen LogP contribution in [0.15, 0.2) is 93.3 Å². The Bertz CT molecular complexity index is 1400. The van der Waals surface area contributed by atoms with Gasteiger partial charge in [-0.15, -0.1) is 0 Å². The van der Waals surface area contributed by atoms with Crippen molar-refractivity contribution >= 4 is 20.9 Å². The molecule has 0 spiro atoms. The number of rotatable bonds is 3. The number of aromatic nitrogens is 2. The Morgan fingerprint density at radius 3 is 2.04 bits per heavy atom. The van der Waals surface area contributed by atoms with E-state index in [1.165, 1.54) is 24.3 Å². The summed E-state index contributed by atoms with van der Waals surface area (Å²) in [6.45, 7) is 1.84. The second-order valence-corrected chi connectivity index (χ2v) is 8.15. The van der Waals surface area contributed by atoms with Crippen LogP contribution in [-0.4, -0.2) is 17.0 Å². The molecule has 4 rings (SSSR count). The SMILES string of the molecule is Cc1ccc(S(=O)(=O)n2c(=O)n(-c3ccccc3)c(=O)c3ccccc32)cc1. The molecule has 3 aromatic carbocycles. The molecule has 0 fully saturated rings. The molecule has 1 aromatic heterocycles. The maximum absolute atomic E-state index is 13.3. The van der Waals surface area contributed by atoms with E-state index in [9.17, 15) is 18.0 Å². The molecule has 0 unspecified atom stereocenters. The number of nitrogens with zero attached hydrogens (tertiary/aromatic N) is 2. The normalized spacial score (nSPS) is 11.6. The van der Waals surface area contributed by atoms with Crippen LogP contribution in [0, 0.1) is 6.92 Å². The van der Waals surface area contributed by atoms with Crippen LogP contribution in [0.5, 0.6) is 0 Å². The van der Waals surface area contributed by atoms with E-state index >= 15 is 0 Å². The Kier molecular flexibility index (Phi) is 4.24. The average molecular weight is 392 g/mol. The van der Waals surface area contributed by atoms with E-state index in [0.29, 0.717) is 9.66 Å². The van der Waals surface area contributed by atoms with Gasteiger partial charge < -0.3 is 0 Å². The molecule has 0 aliphatic rings. The summed E-state index contributed by atoms with van der Waals surface area (Å²) in [5.41, 5.74) is -0.260. The molecule has 0 aliphatic carbocycles. The molecule has 140 valence electrons. The predicted molar refractivity (Wildman–Crippen MR) is 108 cm³/mol. The maximum atomic E-state index is 13.3. The summed E-state index contributed by atoms with van der Waals surface area (Å²) >= 11 is 0. The molecule has 1 heterocycles. The number of hydrogen-bond acceptors (Lipinski definition) is 4. The molecule has 0 atom stereocenters. The Balaban J connectivity index is 2.16. The fourth-order valence-electron chi connectivity index (χ4n) is 3.09. The van der Waals surface area contributed by atoms with Gasteiger partial charge in [0.05, 0.1) is 21.5 Å². The fraction of sp³-hybridized carbons (Fsp3) is 0.0476. The van der Waals surface area contributed by atoms with E-state index in [0.717, 1.165) is 10.1 Å². The van der Waals surface area contributed by atoms with Gasteiger partial charge in [-0.2, -0.15) is 3.97 Å². The van der Waals surface area contributed by atoms with Crippen LogP contribution in [0.1, 0.15) is 5.56 Å². The van der Waals surface area contributed by atoms with E-state index in [4.69, 9.17) is 0 Å². The molecular formula is C21H16N2O4S. The van der Waals surface area contributed by atoms with Crippen LogP contribution < -0.4 is 11.2 Å². The van der Waals surface area contributed by atoms with Crippen molar-refractivity contribution in [1.82, 2.24) is 8.54 Å². The second kappa shape index (κ2) is 6.61. The van der Waals surface area contributed by atoms with Gasteiger partial charge in [-0.05, 0) is 43.3 Å². The topological polar surface area (TPSA) is 78.1 Å². The lowest BCUT2D eigenvalue weighted by molar-refractivity contribution is 0.584. The third-order valence-electron chi connectivity index (χ3n) is 4.49. The molecule has 0 radical (unpaired) electrons. The van der Waals surface area contributed by atoms with E-state index < -0.39 is 21.3 Å². The van der Waals surface area contributed by atoms with Gasteiger partial charge in [0.2, 0.25) is 0 Å². The maximum Gasteiger partial charge on any atom is 0.350 e. The summed E-state index contributed by atoms with van der Waals surface area (Å²) in [4.78, 5) is 26.2. The first-order chi connectivity index (χ1) is 13.4. The largest absolute Gasteiger partial charge is 0.350 e. The molecular weight excluding hydrogens is 376 g/mol. The molecule has 7 heteroatoms. The second-order valence-electron chi connectivity index (χ2n) is 6.36. The van der Waals surface area contributed by atoms with Gasteiger partial charge in [0.1, 0.15) is 0 Å². The van der Waals surface area contributed by atoms with Gasteiger partial charge in [-0.3, -0.25) is 4.79 Å². The molecule has 0 bridgehead atoms. The lowest BCUT2D eigenvalue weighted by Gasteiger charge is -2.14. The highest BCUT2D eigenvalue weighted by Crippen LogP contribution is 2.18. The minimum atomic E-state index is -4.22. The number of aryl methyl sites for hydroxylation is 1. The molecule has 0 saturated heterocycles. The highest BCUT2D eigenvalue weighted by molar-refractivity contribution is 7.90. The predicted octanol–water partition coefficient (Wildman–Crippen LogP) is 2.70. The van der Waals surface area contributed by atoms with Crippen LogP contribution in [-0.2, 0) is 10.0 Å². The van der Waals surface area contributed by atoms with E-state index in [1.807, 2.05) is 6.92 Å². The molecule has 0 N–H and O–H groups in total. The zero-order valence-corrected chi connectivity index (χ0v) is 15.8. The van der Waals surface area contributed by atoms with Gasteiger partial charge in [-0.25, -0.2) is 17.8 Å². The van der Waals surface area contributed by atoms with Crippen LogP contribution in [0.25, 0.3) is 16.6 Å². The molecule has 0 aliphatic heterocycles. The Morgan fingerprint density at radius 2 is 1.36 bits per heavy atom. The first-order valence-corrected chi connectivity index (χ1v) is 10.00. The minimum Gasteiger partial charge on any atom is -0.268 e. The number of benzene rings is 3. The van der Waals surface area contributed by atoms with Crippen molar-refractivity contribution in [1.29, 1.82) is 0 Å². The third kappa shape index (κ3) is 2.76. The zero-order valence-electron chi connectivity index (χ0n) is 14.9. The van der Waals surface area contributed by atoms with E-state index in [-0.39, 0.29) is 15.8 Å². The highest BCUT2D eigenvalue weighted by atomic mass is 32.2. The summed E-state index contributed by atoms with van der Waals surface area (Å²) in [6, 6.07) is 20.7. The average Bonchev–Trinajstić information content (AvgIpc) is 2.69. The first-order valence-electron chi connectivity index (χ1n) is 8.56. The minimum absolute atomic E-state index is 0.0244. The van der Waals surface area contributed by atoms with Gasteiger partial charge in [0.25, 0.3) is 15.6 Å². The lowest BCUT2D eigenvalue weighted by Crippen LogP contribution is -2.41. The van der Waals surface area contributed by atoms with Gasteiger partial charge in [0, 0.05) is 0 Å². The Hall–Kier alpha value is -3.45. The van der Waals surface area contributed by atoms with Crippen molar-refractivity contribution in [2.24, 2.45) is 0 Å². The third-order valence-corrected chi connectivity index (χ3v) is 6.20. The summed E-state index contributed by atoms with van der Waals surface area (Å²) in [6.07, 6.45) is 0. The fourth-order valence-corrected chi connectivity index (χ4v) is 4.48. The molecule has 4 aromatic rings. The van der Waals surface area contributed by atoms with Gasteiger partial charge >= 0.3 is 5.69 Å². The van der Waals surface area contributed by atoms with Crippen LogP contribution in [0.4, 0.5) is 0 Å². The van der Waals surface area contributed by atoms with Gasteiger partial charge in [0.15, 0.2) is 0 Å². The first kappa shape index (κ1) is 17.9. The summed E-state index contributed by atoms with van der Waals surface area (Å²) in [7, 11) is -4.22. The van der Waals surface area contributed by atoms with E-state index in [1.54, 1.807) is 54.6 Å². The van der Waals surface area contributed by atoms with Crippen molar-refractivity contribution in [2.45, 2.75) is 11.8 Å². The van der Waals surface area contributed by atoms with Crippen LogP contribution in [0.3, 0.4) is 0 Å². The summed E-state index contributed by atoms with van der Waals surface area (Å²) in [5, 5.41) is 0.140. The monoisotopic (exact) mass is 392 g/mol. The molecule has 0 saturated carbocycles. The zero-order chi connectivity index (χ0) is 19.9. The summed E-state index contributed by atoms with van der Waals surface area (Å²) < 4.78 is 28.2. The van der Waals surface area contributed by atoms with Crippen molar-refractivity contribution in [3.05, 3.63) is 105 Å². The van der Waals surface area contributed by atoms with Crippen molar-refractivity contribution in [2.75, 3.05) is 0 Å². The standard InChI is InChI=1S/C21H16N2O4S/c1-15-11-13-17(14-12-15)28(26,27)23-19-10-6-5-9-18(19)20(24)22(21(23)25)16-7-3-2-4-8-16/h2-14H,1H3. The smallest absolute Gasteiger partial charge is 0.268 e. The van der Waals surface area contributed by atoms with Crippen molar-refractivity contribution < 1.29 is 8.42 Å².